The summed E-state index contributed by atoms with van der Waals surface area (Å²) in [5.41, 5.74) is 15.5. The van der Waals surface area contributed by atoms with Crippen molar-refractivity contribution in [2.24, 2.45) is 4.99 Å². The van der Waals surface area contributed by atoms with Crippen molar-refractivity contribution >= 4 is 17.5 Å². The lowest BCUT2D eigenvalue weighted by Gasteiger charge is -2.23. The Hall–Kier alpha value is -2.72. The van der Waals surface area contributed by atoms with Crippen molar-refractivity contribution in [1.82, 2.24) is 10.3 Å². The van der Waals surface area contributed by atoms with E-state index in [9.17, 15) is 0 Å². The lowest BCUT2D eigenvalue weighted by Crippen LogP contribution is -2.23. The summed E-state index contributed by atoms with van der Waals surface area (Å²) in [7, 11) is 0. The van der Waals surface area contributed by atoms with E-state index in [2.05, 4.69) is 88.3 Å². The molecule has 194 valence electrons. The molecule has 1 heterocycles. The first-order chi connectivity index (χ1) is 17.4. The number of allylic oxidation sites excluding steroid dienone is 4. The van der Waals surface area contributed by atoms with E-state index in [1.807, 2.05) is 12.3 Å². The minimum absolute atomic E-state index is 0.366. The molecule has 1 aromatic carbocycles. The van der Waals surface area contributed by atoms with Gasteiger partial charge in [0.05, 0.1) is 11.7 Å². The minimum Gasteiger partial charge on any atom is -0.398 e. The summed E-state index contributed by atoms with van der Waals surface area (Å²) < 4.78 is 0. The third kappa shape index (κ3) is 7.39. The fraction of sp³-hybridized carbons (Fsp3) is 0.500. The number of benzene rings is 1. The van der Waals surface area contributed by atoms with Gasteiger partial charge in [-0.25, -0.2) is 0 Å². The lowest BCUT2D eigenvalue weighted by molar-refractivity contribution is 0.532. The van der Waals surface area contributed by atoms with Gasteiger partial charge in [0.15, 0.2) is 0 Å². The fourth-order valence-electron chi connectivity index (χ4n) is 4.71. The molecule has 3 rings (SSSR count). The standard InChI is InChI=1S/C32H46N4/c1-7-11-25(10-4)32-23(6)29(22(5)9-3)18-31(36-32)26(12-8-2)20-34-19-24-13-16-30(33)27(17-24)21-35-28-14-15-28/h7,10-11,13,16-18,21-22,26,28,34H,8-9,12,14-15,19-20,33H2,1-6H3/b11-7-,25-10+,35-21?. The van der Waals surface area contributed by atoms with Gasteiger partial charge in [-0.05, 0) is 92.8 Å². The zero-order valence-corrected chi connectivity index (χ0v) is 23.3. The van der Waals surface area contributed by atoms with E-state index in [1.165, 1.54) is 40.8 Å². The summed E-state index contributed by atoms with van der Waals surface area (Å²) in [6.45, 7) is 15.0. The zero-order chi connectivity index (χ0) is 26.1. The first-order valence-corrected chi connectivity index (χ1v) is 13.8. The molecular weight excluding hydrogens is 440 g/mol. The number of rotatable bonds is 13. The normalized spacial score (nSPS) is 16.2. The molecule has 0 spiro atoms. The predicted octanol–water partition coefficient (Wildman–Crippen LogP) is 7.72. The summed E-state index contributed by atoms with van der Waals surface area (Å²) in [6.07, 6.45) is 14.2. The molecule has 0 radical (unpaired) electrons. The van der Waals surface area contributed by atoms with Crippen LogP contribution in [0.5, 0.6) is 0 Å². The zero-order valence-electron chi connectivity index (χ0n) is 23.3. The number of hydrogen-bond acceptors (Lipinski definition) is 4. The average Bonchev–Trinajstić information content (AvgIpc) is 3.71. The Morgan fingerprint density at radius 2 is 2.00 bits per heavy atom. The second kappa shape index (κ2) is 13.5. The minimum atomic E-state index is 0.366. The molecule has 0 aliphatic heterocycles. The van der Waals surface area contributed by atoms with Gasteiger partial charge in [0, 0.05) is 42.2 Å². The van der Waals surface area contributed by atoms with Crippen LogP contribution in [0.15, 0.2) is 47.5 Å². The van der Waals surface area contributed by atoms with E-state index in [-0.39, 0.29) is 0 Å². The van der Waals surface area contributed by atoms with Crippen LogP contribution in [0.1, 0.15) is 112 Å². The first kappa shape index (κ1) is 27.9. The molecule has 1 aromatic heterocycles. The molecule has 2 aromatic rings. The van der Waals surface area contributed by atoms with Crippen molar-refractivity contribution in [3.05, 3.63) is 76.1 Å². The van der Waals surface area contributed by atoms with E-state index >= 15 is 0 Å². The number of pyridine rings is 1. The van der Waals surface area contributed by atoms with Crippen LogP contribution in [0.3, 0.4) is 0 Å². The molecule has 1 aliphatic carbocycles. The number of aliphatic imine (C=N–C) groups is 1. The Kier molecular flexibility index (Phi) is 10.5. The number of nitrogens with two attached hydrogens (primary N) is 1. The smallest absolute Gasteiger partial charge is 0.0733 e. The molecule has 4 heteroatoms. The van der Waals surface area contributed by atoms with E-state index in [4.69, 9.17) is 10.7 Å². The van der Waals surface area contributed by atoms with Crippen LogP contribution in [-0.2, 0) is 6.54 Å². The molecule has 2 atom stereocenters. The highest BCUT2D eigenvalue weighted by Crippen LogP contribution is 2.32. The molecular formula is C32H46N4. The molecule has 1 aliphatic rings. The number of hydrogen-bond donors (Lipinski definition) is 2. The fourth-order valence-corrected chi connectivity index (χ4v) is 4.71. The van der Waals surface area contributed by atoms with Crippen molar-refractivity contribution in [2.45, 2.75) is 98.1 Å². The number of nitrogen functional groups attached to an aromatic ring is 1. The van der Waals surface area contributed by atoms with Gasteiger partial charge in [-0.3, -0.25) is 9.98 Å². The van der Waals surface area contributed by atoms with Crippen molar-refractivity contribution in [3.63, 3.8) is 0 Å². The highest BCUT2D eigenvalue weighted by atomic mass is 14.9. The molecule has 0 bridgehead atoms. The Bertz CT molecular complexity index is 1090. The van der Waals surface area contributed by atoms with Gasteiger partial charge in [0.2, 0.25) is 0 Å². The molecule has 1 saturated carbocycles. The van der Waals surface area contributed by atoms with E-state index in [0.717, 1.165) is 49.3 Å². The van der Waals surface area contributed by atoms with Crippen LogP contribution in [0.4, 0.5) is 5.69 Å². The Morgan fingerprint density at radius 1 is 1.22 bits per heavy atom. The average molecular weight is 487 g/mol. The van der Waals surface area contributed by atoms with Crippen LogP contribution in [0.2, 0.25) is 0 Å². The quantitative estimate of drug-likeness (QED) is 0.173. The predicted molar refractivity (Wildman–Crippen MR) is 157 cm³/mol. The van der Waals surface area contributed by atoms with Crippen molar-refractivity contribution in [1.29, 1.82) is 0 Å². The Balaban J connectivity index is 1.82. The maximum Gasteiger partial charge on any atom is 0.0733 e. The third-order valence-electron chi connectivity index (χ3n) is 7.30. The van der Waals surface area contributed by atoms with Crippen LogP contribution < -0.4 is 11.1 Å². The molecule has 0 amide bonds. The van der Waals surface area contributed by atoms with Gasteiger partial charge >= 0.3 is 0 Å². The molecule has 2 unspecified atom stereocenters. The summed E-state index contributed by atoms with van der Waals surface area (Å²) in [6, 6.07) is 9.17. The van der Waals surface area contributed by atoms with E-state index in [1.54, 1.807) is 0 Å². The molecule has 36 heavy (non-hydrogen) atoms. The number of nitrogens with zero attached hydrogens (tertiary/aromatic N) is 2. The van der Waals surface area contributed by atoms with Gasteiger partial charge in [-0.15, -0.1) is 0 Å². The number of nitrogens with one attached hydrogen (secondary N) is 1. The summed E-state index contributed by atoms with van der Waals surface area (Å²) >= 11 is 0. The highest BCUT2D eigenvalue weighted by Gasteiger charge is 2.20. The monoisotopic (exact) mass is 486 g/mol. The summed E-state index contributed by atoms with van der Waals surface area (Å²) in [5.74, 6) is 0.875. The van der Waals surface area contributed by atoms with Crippen molar-refractivity contribution in [2.75, 3.05) is 12.3 Å². The maximum absolute atomic E-state index is 6.19. The van der Waals surface area contributed by atoms with Crippen molar-refractivity contribution in [3.8, 4) is 0 Å². The molecule has 1 fully saturated rings. The van der Waals surface area contributed by atoms with Crippen LogP contribution in [-0.4, -0.2) is 23.8 Å². The topological polar surface area (TPSA) is 63.3 Å². The number of anilines is 1. The maximum atomic E-state index is 6.19. The molecule has 0 saturated heterocycles. The van der Waals surface area contributed by atoms with E-state index in [0.29, 0.717) is 17.9 Å². The van der Waals surface area contributed by atoms with Gasteiger partial charge in [-0.2, -0.15) is 0 Å². The second-order valence-electron chi connectivity index (χ2n) is 10.3. The second-order valence-corrected chi connectivity index (χ2v) is 10.3. The molecule has 4 nitrogen and oxygen atoms in total. The molecule has 3 N–H and O–H groups in total. The summed E-state index contributed by atoms with van der Waals surface area (Å²) in [4.78, 5) is 9.88. The van der Waals surface area contributed by atoms with Gasteiger partial charge in [0.1, 0.15) is 0 Å². The van der Waals surface area contributed by atoms with Crippen LogP contribution in [0, 0.1) is 6.92 Å². The Morgan fingerprint density at radius 3 is 2.64 bits per heavy atom. The van der Waals surface area contributed by atoms with Gasteiger partial charge in [0.25, 0.3) is 0 Å². The Labute approximate surface area is 219 Å². The third-order valence-corrected chi connectivity index (χ3v) is 7.30. The number of aromatic nitrogens is 1. The SMILES string of the molecule is C/C=C\C(=C/C)c1nc(C(CCC)CNCc2ccc(N)c(C=NC3CC3)c2)cc(C(C)CC)c1C. The van der Waals surface area contributed by atoms with Gasteiger partial charge < -0.3 is 11.1 Å². The van der Waals surface area contributed by atoms with Crippen molar-refractivity contribution < 1.29 is 0 Å². The van der Waals surface area contributed by atoms with E-state index < -0.39 is 0 Å². The van der Waals surface area contributed by atoms with Gasteiger partial charge in [-0.1, -0.05) is 51.5 Å². The summed E-state index contributed by atoms with van der Waals surface area (Å²) in [5, 5.41) is 3.72. The lowest BCUT2D eigenvalue weighted by atomic mass is 9.88. The van der Waals surface area contributed by atoms with Crippen LogP contribution in [0.25, 0.3) is 5.57 Å². The van der Waals surface area contributed by atoms with Crippen LogP contribution >= 0.6 is 0 Å². The highest BCUT2D eigenvalue weighted by molar-refractivity contribution is 5.87. The first-order valence-electron chi connectivity index (χ1n) is 13.8. The largest absolute Gasteiger partial charge is 0.398 e.